The Hall–Kier alpha value is -1.36. The second-order valence-electron chi connectivity index (χ2n) is 6.44. The van der Waals surface area contributed by atoms with E-state index in [9.17, 15) is 13.2 Å². The minimum absolute atomic E-state index is 0.275. The summed E-state index contributed by atoms with van der Waals surface area (Å²) in [5.74, 6) is -0.468. The predicted molar refractivity (Wildman–Crippen MR) is 117 cm³/mol. The molecule has 0 saturated heterocycles. The number of thioether (sulfide) groups is 1. The topological polar surface area (TPSA) is 92.3 Å². The van der Waals surface area contributed by atoms with E-state index >= 15 is 0 Å². The molecule has 7 nitrogen and oxygen atoms in total. The summed E-state index contributed by atoms with van der Waals surface area (Å²) >= 11 is 8.87. The number of rotatable bonds is 8. The molecule has 28 heavy (non-hydrogen) atoms. The van der Waals surface area contributed by atoms with Crippen molar-refractivity contribution in [3.05, 3.63) is 28.8 Å². The number of aromatic nitrogens is 2. The number of aryl methyl sites for hydroxylation is 1. The van der Waals surface area contributed by atoms with Crippen LogP contribution in [0.4, 0.5) is 10.8 Å². The molecule has 11 heteroatoms. The Morgan fingerprint density at radius 2 is 2.04 bits per heavy atom. The molecule has 0 radical (unpaired) electrons. The van der Waals surface area contributed by atoms with Gasteiger partial charge in [-0.25, -0.2) is 8.42 Å². The average molecular weight is 463 g/mol. The molecule has 154 valence electrons. The van der Waals surface area contributed by atoms with Gasteiger partial charge in [0.25, 0.3) is 0 Å². The molecule has 0 aliphatic rings. The highest BCUT2D eigenvalue weighted by molar-refractivity contribution is 8.01. The van der Waals surface area contributed by atoms with E-state index in [0.717, 1.165) is 14.9 Å². The fraction of sp³-hybridized carbons (Fsp3) is 0.471. The first kappa shape index (κ1) is 22.9. The summed E-state index contributed by atoms with van der Waals surface area (Å²) in [6.07, 6.45) is 1.35. The van der Waals surface area contributed by atoms with E-state index < -0.39 is 22.0 Å². The summed E-state index contributed by atoms with van der Waals surface area (Å²) in [6, 6.07) is 4.01. The number of hydrogen-bond donors (Lipinski definition) is 1. The average Bonchev–Trinajstić information content (AvgIpc) is 2.99. The summed E-state index contributed by atoms with van der Waals surface area (Å²) in [7, 11) is -3.74. The third-order valence-electron chi connectivity index (χ3n) is 3.71. The van der Waals surface area contributed by atoms with E-state index in [1.165, 1.54) is 11.3 Å². The number of carbonyl (C=O) groups is 1. The molecule has 0 saturated carbocycles. The summed E-state index contributed by atoms with van der Waals surface area (Å²) in [5.41, 5.74) is 1.08. The SMILES string of the molecule is CCC(C(=O)Nc1nnc(SC(C)C)s1)N(c1cc(Cl)ccc1C)S(C)(=O)=O. The van der Waals surface area contributed by atoms with E-state index in [1.54, 1.807) is 43.8 Å². The number of benzene rings is 1. The molecule has 1 aromatic carbocycles. The second-order valence-corrected chi connectivity index (χ2v) is 11.5. The first-order valence-electron chi connectivity index (χ1n) is 8.59. The molecule has 0 aliphatic carbocycles. The lowest BCUT2D eigenvalue weighted by Gasteiger charge is -2.31. The van der Waals surface area contributed by atoms with Crippen molar-refractivity contribution < 1.29 is 13.2 Å². The number of carbonyl (C=O) groups excluding carboxylic acids is 1. The highest BCUT2D eigenvalue weighted by atomic mass is 35.5. The molecule has 1 unspecified atom stereocenters. The molecule has 0 bridgehead atoms. The van der Waals surface area contributed by atoms with E-state index in [0.29, 0.717) is 26.7 Å². The number of halogens is 1. The van der Waals surface area contributed by atoms with Crippen LogP contribution < -0.4 is 9.62 Å². The van der Waals surface area contributed by atoms with Gasteiger partial charge in [0.2, 0.25) is 21.1 Å². The zero-order valence-electron chi connectivity index (χ0n) is 16.3. The van der Waals surface area contributed by atoms with Gasteiger partial charge in [-0.3, -0.25) is 14.4 Å². The van der Waals surface area contributed by atoms with Crippen LogP contribution in [0.25, 0.3) is 0 Å². The Bertz CT molecular complexity index is 947. The maximum Gasteiger partial charge on any atom is 0.250 e. The van der Waals surface area contributed by atoms with Gasteiger partial charge in [-0.2, -0.15) is 0 Å². The van der Waals surface area contributed by atoms with Crippen LogP contribution in [-0.4, -0.2) is 42.1 Å². The van der Waals surface area contributed by atoms with Gasteiger partial charge in [0.1, 0.15) is 6.04 Å². The fourth-order valence-electron chi connectivity index (χ4n) is 2.55. The van der Waals surface area contributed by atoms with E-state index in [-0.39, 0.29) is 6.42 Å². The maximum atomic E-state index is 12.9. The van der Waals surface area contributed by atoms with Crippen molar-refractivity contribution in [1.82, 2.24) is 10.2 Å². The number of hydrogen-bond acceptors (Lipinski definition) is 7. The largest absolute Gasteiger partial charge is 0.299 e. The predicted octanol–water partition coefficient (Wildman–Crippen LogP) is 4.18. The van der Waals surface area contributed by atoms with Crippen molar-refractivity contribution in [3.8, 4) is 0 Å². The van der Waals surface area contributed by atoms with Gasteiger partial charge in [-0.15, -0.1) is 10.2 Å². The number of amides is 1. The molecule has 0 aliphatic heterocycles. The van der Waals surface area contributed by atoms with Gasteiger partial charge in [0, 0.05) is 10.3 Å². The fourth-order valence-corrected chi connectivity index (χ4v) is 5.96. The maximum absolute atomic E-state index is 12.9. The molecule has 1 heterocycles. The van der Waals surface area contributed by atoms with Gasteiger partial charge in [0.15, 0.2) is 4.34 Å². The van der Waals surface area contributed by atoms with Crippen LogP contribution in [0, 0.1) is 6.92 Å². The van der Waals surface area contributed by atoms with Gasteiger partial charge in [-0.05, 0) is 31.0 Å². The van der Waals surface area contributed by atoms with Crippen molar-refractivity contribution in [3.63, 3.8) is 0 Å². The first-order valence-corrected chi connectivity index (χ1v) is 12.5. The zero-order valence-corrected chi connectivity index (χ0v) is 19.5. The monoisotopic (exact) mass is 462 g/mol. The van der Waals surface area contributed by atoms with Gasteiger partial charge >= 0.3 is 0 Å². The smallest absolute Gasteiger partial charge is 0.250 e. The molecule has 2 aromatic rings. The molecule has 1 aromatic heterocycles. The molecule has 1 N–H and O–H groups in total. The lowest BCUT2D eigenvalue weighted by molar-refractivity contribution is -0.117. The highest BCUT2D eigenvalue weighted by Crippen LogP contribution is 2.31. The minimum Gasteiger partial charge on any atom is -0.299 e. The second kappa shape index (κ2) is 9.43. The molecular weight excluding hydrogens is 440 g/mol. The standard InChI is InChI=1S/C17H23ClN4O3S3/c1-6-13(15(23)19-16-20-21-17(27-16)26-10(2)3)22(28(5,24)25)14-9-12(18)8-7-11(14)4/h7-10,13H,6H2,1-5H3,(H,19,20,23). The Balaban J connectivity index is 2.34. The van der Waals surface area contributed by atoms with Gasteiger partial charge in [0.05, 0.1) is 11.9 Å². The number of anilines is 2. The van der Waals surface area contributed by atoms with Crippen molar-refractivity contribution in [1.29, 1.82) is 0 Å². The van der Waals surface area contributed by atoms with Crippen LogP contribution in [0.1, 0.15) is 32.8 Å². The zero-order chi connectivity index (χ0) is 21.1. The summed E-state index contributed by atoms with van der Waals surface area (Å²) in [6.45, 7) is 7.60. The third kappa shape index (κ3) is 5.82. The van der Waals surface area contributed by atoms with E-state index in [4.69, 9.17) is 11.6 Å². The van der Waals surface area contributed by atoms with E-state index in [2.05, 4.69) is 15.5 Å². The van der Waals surface area contributed by atoms with Crippen molar-refractivity contribution >= 4 is 61.4 Å². The molecule has 2 rings (SSSR count). The highest BCUT2D eigenvalue weighted by Gasteiger charge is 2.33. The van der Waals surface area contributed by atoms with Gasteiger partial charge < -0.3 is 0 Å². The van der Waals surface area contributed by atoms with Crippen LogP contribution in [0.2, 0.25) is 5.02 Å². The first-order chi connectivity index (χ1) is 13.0. The normalized spacial score (nSPS) is 12.8. The van der Waals surface area contributed by atoms with Crippen LogP contribution in [0.3, 0.4) is 0 Å². The van der Waals surface area contributed by atoms with Crippen molar-refractivity contribution in [2.24, 2.45) is 0 Å². The quantitative estimate of drug-likeness (QED) is 0.467. The Labute approximate surface area is 178 Å². The van der Waals surface area contributed by atoms with E-state index in [1.807, 2.05) is 13.8 Å². The number of sulfonamides is 1. The lowest BCUT2D eigenvalue weighted by atomic mass is 10.1. The van der Waals surface area contributed by atoms with Crippen LogP contribution in [0.15, 0.2) is 22.5 Å². The third-order valence-corrected chi connectivity index (χ3v) is 7.04. The Kier molecular flexibility index (Phi) is 7.72. The summed E-state index contributed by atoms with van der Waals surface area (Å²) in [4.78, 5) is 12.9. The molecule has 0 spiro atoms. The van der Waals surface area contributed by atoms with Gasteiger partial charge in [-0.1, -0.05) is 61.5 Å². The Morgan fingerprint density at radius 1 is 1.36 bits per heavy atom. The lowest BCUT2D eigenvalue weighted by Crippen LogP contribution is -2.47. The van der Waals surface area contributed by atoms with Crippen LogP contribution >= 0.6 is 34.7 Å². The molecule has 1 atom stereocenters. The number of nitrogens with zero attached hydrogens (tertiary/aromatic N) is 3. The molecular formula is C17H23ClN4O3S3. The van der Waals surface area contributed by atoms with Crippen molar-refractivity contribution in [2.45, 2.75) is 49.7 Å². The summed E-state index contributed by atoms with van der Waals surface area (Å²) in [5, 5.41) is 11.8. The molecule has 0 fully saturated rings. The van der Waals surface area contributed by atoms with Crippen LogP contribution in [0.5, 0.6) is 0 Å². The van der Waals surface area contributed by atoms with Crippen molar-refractivity contribution in [2.75, 3.05) is 15.9 Å². The Morgan fingerprint density at radius 3 is 2.61 bits per heavy atom. The summed E-state index contributed by atoms with van der Waals surface area (Å²) < 4.78 is 27.0. The minimum atomic E-state index is -3.74. The molecule has 1 amide bonds. The number of nitrogens with one attached hydrogen (secondary N) is 1. The van der Waals surface area contributed by atoms with Crippen LogP contribution in [-0.2, 0) is 14.8 Å².